The number of benzene rings is 2. The maximum atomic E-state index is 12.0. The highest BCUT2D eigenvalue weighted by molar-refractivity contribution is 8.70. The van der Waals surface area contributed by atoms with Crippen molar-refractivity contribution in [3.05, 3.63) is 60.7 Å². The zero-order valence-electron chi connectivity index (χ0n) is 20.5. The van der Waals surface area contributed by atoms with Crippen molar-refractivity contribution in [2.24, 2.45) is 0 Å². The molecule has 35 heavy (non-hydrogen) atoms. The first kappa shape index (κ1) is 30.5. The zero-order chi connectivity index (χ0) is 24.9. The van der Waals surface area contributed by atoms with Crippen LogP contribution in [0, 0.1) is 0 Å². The minimum Gasteiger partial charge on any atom is -0.316 e. The highest BCUT2D eigenvalue weighted by Crippen LogP contribution is 2.19. The molecule has 0 spiro atoms. The molecule has 0 saturated heterocycles. The maximum Gasteiger partial charge on any atom is 0.322 e. The number of hydrogen-bond acceptors (Lipinski definition) is 8. The first-order chi connectivity index (χ1) is 17.2. The quantitative estimate of drug-likeness (QED) is 0.103. The Morgan fingerprint density at radius 1 is 0.600 bits per heavy atom. The molecule has 0 unspecified atom stereocenters. The molecule has 0 aliphatic rings. The molecular weight excluding hydrogens is 517 g/mol. The van der Waals surface area contributed by atoms with E-state index in [1.165, 1.54) is 35.5 Å². The van der Waals surface area contributed by atoms with Gasteiger partial charge in [0.2, 0.25) is 0 Å². The first-order valence-electron chi connectivity index (χ1n) is 12.5. The second kappa shape index (κ2) is 20.4. The largest absolute Gasteiger partial charge is 0.322 e. The van der Waals surface area contributed by atoms with E-state index in [9.17, 15) is 8.42 Å². The molecule has 0 fully saturated rings. The van der Waals surface area contributed by atoms with Crippen LogP contribution in [0.1, 0.15) is 38.5 Å². The summed E-state index contributed by atoms with van der Waals surface area (Å²) in [5.41, 5.74) is 0. The summed E-state index contributed by atoms with van der Waals surface area (Å²) in [5, 5.41) is 6.58. The van der Waals surface area contributed by atoms with Crippen molar-refractivity contribution in [1.29, 1.82) is 0 Å². The van der Waals surface area contributed by atoms with Crippen LogP contribution in [0.4, 0.5) is 0 Å². The van der Waals surface area contributed by atoms with Gasteiger partial charge in [-0.2, -0.15) is 8.42 Å². The van der Waals surface area contributed by atoms with Crippen molar-refractivity contribution >= 4 is 43.5 Å². The Morgan fingerprint density at radius 2 is 1.11 bits per heavy atom. The minimum atomic E-state index is -3.51. The highest BCUT2D eigenvalue weighted by atomic mass is 33.1. The molecule has 2 N–H and O–H groups in total. The summed E-state index contributed by atoms with van der Waals surface area (Å²) in [6.45, 7) is 3.23. The van der Waals surface area contributed by atoms with Gasteiger partial charge in [-0.25, -0.2) is 0 Å². The van der Waals surface area contributed by atoms with E-state index in [-0.39, 0.29) is 6.61 Å². The van der Waals surface area contributed by atoms with E-state index in [0.29, 0.717) is 18.8 Å². The topological polar surface area (TPSA) is 67.4 Å². The van der Waals surface area contributed by atoms with Gasteiger partial charge in [-0.15, -0.1) is 23.5 Å². The molecule has 0 heterocycles. The third-order valence-electron chi connectivity index (χ3n) is 5.03. The van der Waals surface area contributed by atoms with Crippen LogP contribution in [-0.4, -0.2) is 58.5 Å². The fourth-order valence-electron chi connectivity index (χ4n) is 3.19. The Balaban J connectivity index is 1.31. The second-order valence-electron chi connectivity index (χ2n) is 8.00. The monoisotopic (exact) mass is 556 g/mol. The third-order valence-corrected chi connectivity index (χ3v) is 10.00. The summed E-state index contributed by atoms with van der Waals surface area (Å²) in [6, 6.07) is 20.9. The molecule has 0 aliphatic heterocycles. The summed E-state index contributed by atoms with van der Waals surface area (Å²) in [4.78, 5) is 2.65. The number of unbranched alkanes of at least 4 members (excludes halogenated alkanes) is 4. The van der Waals surface area contributed by atoms with Gasteiger partial charge in [0, 0.05) is 28.6 Å². The van der Waals surface area contributed by atoms with Crippen LogP contribution >= 0.6 is 34.3 Å². The molecule has 9 heteroatoms. The summed E-state index contributed by atoms with van der Waals surface area (Å²) in [5.74, 6) is 2.77. The van der Waals surface area contributed by atoms with Gasteiger partial charge in [0.25, 0.3) is 0 Å². The van der Waals surface area contributed by atoms with Gasteiger partial charge in [0.15, 0.2) is 0 Å². The van der Waals surface area contributed by atoms with Crippen molar-refractivity contribution in [1.82, 2.24) is 10.6 Å². The first-order valence-corrected chi connectivity index (χ1v) is 17.3. The standard InChI is InChI=1S/C26H40N2O3S4/c29-35(30,31-21-19-27-17-9-3-11-22-32-25-13-5-1-6-14-25)34-24-20-28-18-10-4-12-23-33-26-15-7-2-8-16-26/h1-2,5-8,13-16,27-28H,3-4,9-12,17-24H2. The van der Waals surface area contributed by atoms with Crippen LogP contribution in [0.2, 0.25) is 0 Å². The van der Waals surface area contributed by atoms with Crippen LogP contribution in [0.15, 0.2) is 70.5 Å². The molecule has 0 atom stereocenters. The van der Waals surface area contributed by atoms with E-state index in [1.807, 2.05) is 35.7 Å². The van der Waals surface area contributed by atoms with Crippen molar-refractivity contribution in [2.75, 3.05) is 50.0 Å². The maximum absolute atomic E-state index is 12.0. The van der Waals surface area contributed by atoms with Gasteiger partial charge >= 0.3 is 9.15 Å². The van der Waals surface area contributed by atoms with E-state index >= 15 is 0 Å². The molecule has 5 nitrogen and oxygen atoms in total. The van der Waals surface area contributed by atoms with Crippen molar-refractivity contribution in [3.63, 3.8) is 0 Å². The van der Waals surface area contributed by atoms with Crippen LogP contribution in [-0.2, 0) is 13.3 Å². The Hall–Kier alpha value is -0.680. The Bertz CT molecular complexity index is 790. The van der Waals surface area contributed by atoms with Gasteiger partial charge < -0.3 is 10.6 Å². The molecular formula is C26H40N2O3S4. The van der Waals surface area contributed by atoms with E-state index in [2.05, 4.69) is 59.2 Å². The molecule has 2 aromatic carbocycles. The van der Waals surface area contributed by atoms with Gasteiger partial charge in [-0.1, -0.05) is 49.2 Å². The normalized spacial score (nSPS) is 11.7. The van der Waals surface area contributed by atoms with E-state index in [0.717, 1.165) is 48.2 Å². The smallest absolute Gasteiger partial charge is 0.316 e. The predicted molar refractivity (Wildman–Crippen MR) is 155 cm³/mol. The number of thioether (sulfide) groups is 2. The summed E-state index contributed by atoms with van der Waals surface area (Å²) < 4.78 is 29.0. The number of nitrogens with one attached hydrogen (secondary N) is 2. The summed E-state index contributed by atoms with van der Waals surface area (Å²) in [6.07, 6.45) is 6.93. The van der Waals surface area contributed by atoms with Crippen LogP contribution in [0.3, 0.4) is 0 Å². The Kier molecular flexibility index (Phi) is 17.8. The van der Waals surface area contributed by atoms with Crippen molar-refractivity contribution in [2.45, 2.75) is 48.3 Å². The molecule has 2 aromatic rings. The fourth-order valence-corrected chi connectivity index (χ4v) is 7.11. The van der Waals surface area contributed by atoms with Crippen LogP contribution in [0.5, 0.6) is 0 Å². The van der Waals surface area contributed by atoms with Gasteiger partial charge in [0.05, 0.1) is 6.61 Å². The van der Waals surface area contributed by atoms with E-state index in [1.54, 1.807) is 0 Å². The predicted octanol–water partition coefficient (Wildman–Crippen LogP) is 6.09. The average Bonchev–Trinajstić information content (AvgIpc) is 2.87. The minimum absolute atomic E-state index is 0.188. The molecule has 2 rings (SSSR count). The third kappa shape index (κ3) is 17.4. The molecule has 0 aromatic heterocycles. The highest BCUT2D eigenvalue weighted by Gasteiger charge is 2.11. The van der Waals surface area contributed by atoms with Crippen LogP contribution in [0.25, 0.3) is 0 Å². The SMILES string of the molecule is O=S(=O)(OCCNCCCCCSc1ccccc1)SCCNCCCCCSc1ccccc1. The second-order valence-corrected chi connectivity index (χ2v) is 14.0. The number of rotatable bonds is 22. The molecule has 0 bridgehead atoms. The zero-order valence-corrected chi connectivity index (χ0v) is 23.8. The molecule has 0 saturated carbocycles. The fraction of sp³-hybridized carbons (Fsp3) is 0.538. The lowest BCUT2D eigenvalue weighted by molar-refractivity contribution is 0.325. The van der Waals surface area contributed by atoms with Gasteiger partial charge in [-0.3, -0.25) is 4.18 Å². The van der Waals surface area contributed by atoms with Crippen LogP contribution < -0.4 is 10.6 Å². The van der Waals surface area contributed by atoms with Crippen molar-refractivity contribution < 1.29 is 12.6 Å². The molecule has 0 aliphatic carbocycles. The molecule has 0 amide bonds. The van der Waals surface area contributed by atoms with Crippen molar-refractivity contribution in [3.8, 4) is 0 Å². The lowest BCUT2D eigenvalue weighted by atomic mass is 10.2. The molecule has 196 valence electrons. The van der Waals surface area contributed by atoms with Gasteiger partial charge in [0.1, 0.15) is 0 Å². The number of hydrogen-bond donors (Lipinski definition) is 2. The van der Waals surface area contributed by atoms with E-state index in [4.69, 9.17) is 4.18 Å². The lowest BCUT2D eigenvalue weighted by Gasteiger charge is -2.07. The average molecular weight is 557 g/mol. The Morgan fingerprint density at radius 3 is 1.66 bits per heavy atom. The molecule has 0 radical (unpaired) electrons. The van der Waals surface area contributed by atoms with Gasteiger partial charge in [-0.05, 0) is 85.3 Å². The summed E-state index contributed by atoms with van der Waals surface area (Å²) in [7, 11) is -2.63. The van der Waals surface area contributed by atoms with E-state index < -0.39 is 9.15 Å². The Labute approximate surface area is 224 Å². The summed E-state index contributed by atoms with van der Waals surface area (Å²) >= 11 is 3.79. The lowest BCUT2D eigenvalue weighted by Crippen LogP contribution is -2.22.